The molecule has 4 nitrogen and oxygen atoms in total. The van der Waals surface area contributed by atoms with Crippen LogP contribution in [0.4, 0.5) is 0 Å². The first kappa shape index (κ1) is 54.0. The maximum Gasteiger partial charge on any atom is 0.306 e. The lowest BCUT2D eigenvalue weighted by atomic mass is 10.1. The molecule has 0 saturated carbocycles. The molecule has 0 aromatic heterocycles. The highest BCUT2D eigenvalue weighted by atomic mass is 16.6. The predicted molar refractivity (Wildman–Crippen MR) is 251 cm³/mol. The Kier molecular flexibility index (Phi) is 46.7. The molecule has 0 bridgehead atoms. The van der Waals surface area contributed by atoms with Crippen molar-refractivity contribution < 1.29 is 19.4 Å². The molecule has 0 aliphatic heterocycles. The van der Waals surface area contributed by atoms with Crippen molar-refractivity contribution in [3.63, 3.8) is 0 Å². The summed E-state index contributed by atoms with van der Waals surface area (Å²) in [5.41, 5.74) is 0. The molecule has 0 aromatic rings. The standard InChI is InChI=1S/C53H88O4/c1-3-5-7-9-11-13-15-17-19-21-23-24-25-26-27-28-29-31-33-35-37-39-41-43-45-47-49-56-51-52(50-54)57-53(55)48-46-44-42-40-38-36-34-32-30-22-20-18-16-14-12-10-8-6-4-2/h5,7,11-14,17-20,23-24,26-27,29,31,35,37,52,54H,3-4,6,8-10,15-16,21-22,25,28,30,32-34,36,38-51H2,1-2H3/b7-5-,13-11-,14-12-,19-17-,20-18-,24-23-,27-26-,31-29-,37-35-. The van der Waals surface area contributed by atoms with Crippen molar-refractivity contribution in [2.24, 2.45) is 0 Å². The van der Waals surface area contributed by atoms with Crippen LogP contribution in [-0.4, -0.2) is 37.0 Å². The highest BCUT2D eigenvalue weighted by Gasteiger charge is 2.13. The summed E-state index contributed by atoms with van der Waals surface area (Å²) in [6.45, 7) is 5.13. The Morgan fingerprint density at radius 2 is 0.789 bits per heavy atom. The molecule has 0 amide bonds. The van der Waals surface area contributed by atoms with Crippen LogP contribution >= 0.6 is 0 Å². The molecule has 0 spiro atoms. The molecule has 1 unspecified atom stereocenters. The second-order valence-corrected chi connectivity index (χ2v) is 15.1. The lowest BCUT2D eigenvalue weighted by Crippen LogP contribution is -2.27. The minimum atomic E-state index is -0.559. The van der Waals surface area contributed by atoms with Gasteiger partial charge in [0.05, 0.1) is 13.2 Å². The van der Waals surface area contributed by atoms with Gasteiger partial charge in [-0.2, -0.15) is 0 Å². The molecular formula is C53H88O4. The number of carbonyl (C=O) groups is 1. The van der Waals surface area contributed by atoms with Gasteiger partial charge in [0.1, 0.15) is 6.10 Å². The third-order valence-corrected chi connectivity index (χ3v) is 9.58. The molecule has 1 N–H and O–H groups in total. The van der Waals surface area contributed by atoms with Crippen molar-refractivity contribution in [3.05, 3.63) is 109 Å². The quantitative estimate of drug-likeness (QED) is 0.0380. The van der Waals surface area contributed by atoms with Crippen LogP contribution in [0.3, 0.4) is 0 Å². The summed E-state index contributed by atoms with van der Waals surface area (Å²) in [6.07, 6.45) is 71.6. The number of hydrogen-bond acceptors (Lipinski definition) is 4. The van der Waals surface area contributed by atoms with Gasteiger partial charge in [-0.3, -0.25) is 4.79 Å². The zero-order chi connectivity index (χ0) is 41.2. The van der Waals surface area contributed by atoms with E-state index in [0.717, 1.165) is 83.5 Å². The molecule has 324 valence electrons. The summed E-state index contributed by atoms with van der Waals surface area (Å²) in [6, 6.07) is 0. The van der Waals surface area contributed by atoms with Crippen molar-refractivity contribution in [2.75, 3.05) is 19.8 Å². The maximum atomic E-state index is 12.2. The van der Waals surface area contributed by atoms with Crippen molar-refractivity contribution in [2.45, 2.75) is 200 Å². The average molecular weight is 789 g/mol. The second-order valence-electron chi connectivity index (χ2n) is 15.1. The summed E-state index contributed by atoms with van der Waals surface area (Å²) in [5.74, 6) is -0.219. The Bertz CT molecular complexity index is 1100. The SMILES string of the molecule is CC/C=C\C/C=C\C/C=C\C/C=C\C/C=C\C/C=C\C/C=C\CCCCCCOCC(CO)OC(=O)CCCCCCCCCCC/C=C\C/C=C\CCCCC. The Hall–Kier alpha value is -2.95. The van der Waals surface area contributed by atoms with E-state index in [-0.39, 0.29) is 19.2 Å². The molecule has 0 aliphatic carbocycles. The van der Waals surface area contributed by atoms with Crippen molar-refractivity contribution in [1.82, 2.24) is 0 Å². The van der Waals surface area contributed by atoms with E-state index in [1.807, 2.05) is 0 Å². The molecule has 1 atom stereocenters. The van der Waals surface area contributed by atoms with Gasteiger partial charge < -0.3 is 14.6 Å². The Labute approximate surface area is 353 Å². The topological polar surface area (TPSA) is 55.8 Å². The summed E-state index contributed by atoms with van der Waals surface area (Å²) in [5, 5.41) is 9.63. The third kappa shape index (κ3) is 47.3. The minimum absolute atomic E-state index is 0.191. The van der Waals surface area contributed by atoms with Crippen molar-refractivity contribution in [3.8, 4) is 0 Å². The molecule has 0 heterocycles. The van der Waals surface area contributed by atoms with Crippen LogP contribution in [0.15, 0.2) is 109 Å². The largest absolute Gasteiger partial charge is 0.457 e. The number of carbonyl (C=O) groups excluding carboxylic acids is 1. The Morgan fingerprint density at radius 1 is 0.439 bits per heavy atom. The highest BCUT2D eigenvalue weighted by Crippen LogP contribution is 2.13. The fourth-order valence-electron chi connectivity index (χ4n) is 6.10. The summed E-state index contributed by atoms with van der Waals surface area (Å²) >= 11 is 0. The van der Waals surface area contributed by atoms with E-state index < -0.39 is 6.10 Å². The van der Waals surface area contributed by atoms with E-state index in [2.05, 4.69) is 123 Å². The van der Waals surface area contributed by atoms with E-state index in [4.69, 9.17) is 9.47 Å². The smallest absolute Gasteiger partial charge is 0.306 e. The highest BCUT2D eigenvalue weighted by molar-refractivity contribution is 5.69. The molecular weight excluding hydrogens is 701 g/mol. The minimum Gasteiger partial charge on any atom is -0.457 e. The summed E-state index contributed by atoms with van der Waals surface area (Å²) < 4.78 is 11.2. The van der Waals surface area contributed by atoms with Gasteiger partial charge in [-0.1, -0.05) is 194 Å². The van der Waals surface area contributed by atoms with Gasteiger partial charge in [0.15, 0.2) is 0 Å². The first-order valence-corrected chi connectivity index (χ1v) is 23.5. The van der Waals surface area contributed by atoms with E-state index in [0.29, 0.717) is 13.0 Å². The van der Waals surface area contributed by atoms with Gasteiger partial charge in [-0.05, 0) is 103 Å². The van der Waals surface area contributed by atoms with E-state index in [1.165, 1.54) is 89.9 Å². The molecule has 57 heavy (non-hydrogen) atoms. The van der Waals surface area contributed by atoms with Gasteiger partial charge in [0.25, 0.3) is 0 Å². The fraction of sp³-hybridized carbons (Fsp3) is 0.642. The third-order valence-electron chi connectivity index (χ3n) is 9.58. The number of ether oxygens (including phenoxy) is 2. The lowest BCUT2D eigenvalue weighted by molar-refractivity contribution is -0.154. The van der Waals surface area contributed by atoms with Crippen LogP contribution in [0.2, 0.25) is 0 Å². The number of allylic oxidation sites excluding steroid dienone is 18. The van der Waals surface area contributed by atoms with E-state index >= 15 is 0 Å². The number of rotatable bonds is 42. The van der Waals surface area contributed by atoms with Crippen LogP contribution in [-0.2, 0) is 14.3 Å². The number of hydrogen-bond donors (Lipinski definition) is 1. The molecule has 0 fully saturated rings. The number of aliphatic hydroxyl groups excluding tert-OH is 1. The van der Waals surface area contributed by atoms with Gasteiger partial charge >= 0.3 is 5.97 Å². The predicted octanol–water partition coefficient (Wildman–Crippen LogP) is 15.9. The van der Waals surface area contributed by atoms with Crippen LogP contribution < -0.4 is 0 Å². The molecule has 0 aliphatic rings. The summed E-state index contributed by atoms with van der Waals surface area (Å²) in [4.78, 5) is 12.2. The number of aliphatic hydroxyl groups is 1. The lowest BCUT2D eigenvalue weighted by Gasteiger charge is -2.15. The van der Waals surface area contributed by atoms with Crippen LogP contribution in [0, 0.1) is 0 Å². The molecule has 0 rings (SSSR count). The van der Waals surface area contributed by atoms with Gasteiger partial charge in [-0.25, -0.2) is 0 Å². The van der Waals surface area contributed by atoms with Crippen LogP contribution in [0.5, 0.6) is 0 Å². The molecule has 0 saturated heterocycles. The van der Waals surface area contributed by atoms with Gasteiger partial charge in [0.2, 0.25) is 0 Å². The van der Waals surface area contributed by atoms with Crippen LogP contribution in [0.25, 0.3) is 0 Å². The van der Waals surface area contributed by atoms with Crippen LogP contribution in [0.1, 0.15) is 194 Å². The molecule has 0 radical (unpaired) electrons. The number of unbranched alkanes of at least 4 members (excludes halogenated alkanes) is 16. The van der Waals surface area contributed by atoms with Gasteiger partial charge in [0, 0.05) is 13.0 Å². The van der Waals surface area contributed by atoms with E-state index in [1.54, 1.807) is 0 Å². The van der Waals surface area contributed by atoms with E-state index in [9.17, 15) is 9.90 Å². The first-order valence-electron chi connectivity index (χ1n) is 23.5. The molecule has 4 heteroatoms. The Morgan fingerprint density at radius 3 is 1.19 bits per heavy atom. The maximum absolute atomic E-state index is 12.2. The Balaban J connectivity index is 3.56. The average Bonchev–Trinajstić information content (AvgIpc) is 3.22. The number of esters is 1. The fourth-order valence-corrected chi connectivity index (χ4v) is 6.10. The van der Waals surface area contributed by atoms with Crippen molar-refractivity contribution >= 4 is 5.97 Å². The first-order chi connectivity index (χ1) is 28.2. The summed E-state index contributed by atoms with van der Waals surface area (Å²) in [7, 11) is 0. The van der Waals surface area contributed by atoms with Gasteiger partial charge in [-0.15, -0.1) is 0 Å². The monoisotopic (exact) mass is 789 g/mol. The molecule has 0 aromatic carbocycles. The van der Waals surface area contributed by atoms with Crippen molar-refractivity contribution in [1.29, 1.82) is 0 Å². The zero-order valence-corrected chi connectivity index (χ0v) is 37.1. The zero-order valence-electron chi connectivity index (χ0n) is 37.1. The second kappa shape index (κ2) is 49.2. The normalized spacial score (nSPS) is 13.4.